The molecular weight excluding hydrogens is 460 g/mol. The fourth-order valence-electron chi connectivity index (χ4n) is 5.85. The second kappa shape index (κ2) is 12.3. The van der Waals surface area contributed by atoms with E-state index in [2.05, 4.69) is 13.8 Å². The van der Waals surface area contributed by atoms with Crippen molar-refractivity contribution in [2.45, 2.75) is 84.0 Å². The third kappa shape index (κ3) is 5.95. The maximum absolute atomic E-state index is 15.1. The summed E-state index contributed by atoms with van der Waals surface area (Å²) >= 11 is 0. The van der Waals surface area contributed by atoms with Gasteiger partial charge < -0.3 is 0 Å². The van der Waals surface area contributed by atoms with Gasteiger partial charge in [-0.25, -0.2) is 17.6 Å². The Morgan fingerprint density at radius 1 is 0.750 bits per heavy atom. The molecule has 0 spiro atoms. The first kappa shape index (κ1) is 26.7. The Bertz CT molecular complexity index is 1070. The molecule has 2 unspecified atom stereocenters. The van der Waals surface area contributed by atoms with E-state index < -0.39 is 29.2 Å². The molecule has 0 saturated heterocycles. The minimum atomic E-state index is -0.780. The highest BCUT2D eigenvalue weighted by Gasteiger charge is 2.30. The summed E-state index contributed by atoms with van der Waals surface area (Å²) in [6.07, 6.45) is 11.9. The molecule has 0 nitrogen and oxygen atoms in total. The van der Waals surface area contributed by atoms with E-state index in [1.165, 1.54) is 0 Å². The van der Waals surface area contributed by atoms with Crippen molar-refractivity contribution in [2.24, 2.45) is 17.8 Å². The van der Waals surface area contributed by atoms with Crippen LogP contribution >= 0.6 is 0 Å². The summed E-state index contributed by atoms with van der Waals surface area (Å²) < 4.78 is 59.2. The zero-order valence-electron chi connectivity index (χ0n) is 21.5. The summed E-state index contributed by atoms with van der Waals surface area (Å²) in [4.78, 5) is 0. The first-order valence-corrected chi connectivity index (χ1v) is 13.7. The number of rotatable bonds is 8. The minimum absolute atomic E-state index is 0.0243. The van der Waals surface area contributed by atoms with Crippen LogP contribution in [-0.2, 0) is 6.42 Å². The van der Waals surface area contributed by atoms with Gasteiger partial charge in [-0.15, -0.1) is 0 Å². The Balaban J connectivity index is 1.37. The van der Waals surface area contributed by atoms with Crippen molar-refractivity contribution in [1.29, 1.82) is 0 Å². The van der Waals surface area contributed by atoms with Crippen molar-refractivity contribution in [3.05, 3.63) is 83.0 Å². The third-order valence-corrected chi connectivity index (χ3v) is 8.26. The average Bonchev–Trinajstić information content (AvgIpc) is 2.91. The Labute approximate surface area is 213 Å². The summed E-state index contributed by atoms with van der Waals surface area (Å²) in [5.41, 5.74) is 2.58. The van der Waals surface area contributed by atoms with E-state index in [0.717, 1.165) is 56.9 Å². The van der Waals surface area contributed by atoms with Gasteiger partial charge in [-0.3, -0.25) is 0 Å². The molecule has 4 heteroatoms. The van der Waals surface area contributed by atoms with Gasteiger partial charge in [0.05, 0.1) is 0 Å². The minimum Gasteiger partial charge on any atom is -0.209 e. The number of aryl methyl sites for hydroxylation is 1. The lowest BCUT2D eigenvalue weighted by atomic mass is 9.77. The molecule has 2 aliphatic rings. The Morgan fingerprint density at radius 3 is 2.14 bits per heavy atom. The topological polar surface area (TPSA) is 0 Å². The average molecular weight is 499 g/mol. The van der Waals surface area contributed by atoms with Crippen molar-refractivity contribution in [2.75, 3.05) is 0 Å². The van der Waals surface area contributed by atoms with E-state index in [1.54, 1.807) is 12.1 Å². The van der Waals surface area contributed by atoms with Crippen molar-refractivity contribution < 1.29 is 17.6 Å². The van der Waals surface area contributed by atoms with Crippen molar-refractivity contribution in [1.82, 2.24) is 0 Å². The largest absolute Gasteiger partial charge is 0.209 e. The SMILES string of the molecule is CCCCC1CCC(/C=C/C2CCC(c3ccc(-c4ccc(CC)cc4)c(F)c3F)CC2)C(F)=C1F. The molecule has 4 rings (SSSR count). The molecule has 2 aromatic carbocycles. The highest BCUT2D eigenvalue weighted by atomic mass is 19.2. The fourth-order valence-corrected chi connectivity index (χ4v) is 5.85. The second-order valence-electron chi connectivity index (χ2n) is 10.6. The van der Waals surface area contributed by atoms with Crippen LogP contribution in [0.25, 0.3) is 11.1 Å². The van der Waals surface area contributed by atoms with Crippen molar-refractivity contribution in [3.8, 4) is 11.1 Å². The number of unbranched alkanes of at least 4 members (excludes halogenated alkanes) is 1. The molecule has 0 bridgehead atoms. The van der Waals surface area contributed by atoms with Gasteiger partial charge in [-0.1, -0.05) is 75.2 Å². The zero-order chi connectivity index (χ0) is 25.7. The number of benzene rings is 2. The van der Waals surface area contributed by atoms with Crippen LogP contribution in [-0.4, -0.2) is 0 Å². The molecule has 0 heterocycles. The van der Waals surface area contributed by atoms with Gasteiger partial charge in [-0.05, 0) is 79.9 Å². The van der Waals surface area contributed by atoms with Crippen LogP contribution in [0.4, 0.5) is 17.6 Å². The molecule has 0 aliphatic heterocycles. The third-order valence-electron chi connectivity index (χ3n) is 8.26. The molecule has 0 aromatic heterocycles. The molecule has 2 atom stereocenters. The summed E-state index contributed by atoms with van der Waals surface area (Å²) in [5, 5.41) is 0. The summed E-state index contributed by atoms with van der Waals surface area (Å²) in [7, 11) is 0. The molecule has 194 valence electrons. The van der Waals surface area contributed by atoms with Crippen LogP contribution in [0.3, 0.4) is 0 Å². The lowest BCUT2D eigenvalue weighted by Crippen LogP contribution is -2.16. The quantitative estimate of drug-likeness (QED) is 0.251. The van der Waals surface area contributed by atoms with Crippen LogP contribution < -0.4 is 0 Å². The smallest absolute Gasteiger partial charge is 0.166 e. The van der Waals surface area contributed by atoms with Crippen LogP contribution in [0.1, 0.15) is 88.7 Å². The molecular formula is C32H38F4. The van der Waals surface area contributed by atoms with E-state index in [-0.39, 0.29) is 17.8 Å². The summed E-state index contributed by atoms with van der Waals surface area (Å²) in [6, 6.07) is 11.0. The Kier molecular flexibility index (Phi) is 9.09. The van der Waals surface area contributed by atoms with E-state index in [4.69, 9.17) is 0 Å². The summed E-state index contributed by atoms with van der Waals surface area (Å²) in [5.74, 6) is -3.15. The van der Waals surface area contributed by atoms with Crippen LogP contribution in [0.2, 0.25) is 0 Å². The first-order chi connectivity index (χ1) is 17.4. The zero-order valence-corrected chi connectivity index (χ0v) is 21.5. The molecule has 0 radical (unpaired) electrons. The van der Waals surface area contributed by atoms with Gasteiger partial charge in [0.2, 0.25) is 0 Å². The van der Waals surface area contributed by atoms with Gasteiger partial charge in [0.1, 0.15) is 11.7 Å². The van der Waals surface area contributed by atoms with Crippen LogP contribution in [0.15, 0.2) is 60.2 Å². The number of hydrogen-bond acceptors (Lipinski definition) is 0. The molecule has 1 saturated carbocycles. The standard InChI is InChI=1S/C32H38F4/c1-3-5-6-25-17-18-26(30(34)29(25)33)16-11-22-9-14-24(15-10-22)28-20-19-27(31(35)32(28)36)23-12-7-21(4-2)8-13-23/h7-8,11-13,16,19-20,22,24-26H,3-6,9-10,14-15,17-18H2,1-2H3/b16-11+. The lowest BCUT2D eigenvalue weighted by Gasteiger charge is -2.28. The lowest BCUT2D eigenvalue weighted by molar-refractivity contribution is 0.302. The number of halogens is 4. The monoisotopic (exact) mass is 498 g/mol. The first-order valence-electron chi connectivity index (χ1n) is 13.7. The molecule has 0 N–H and O–H groups in total. The number of hydrogen-bond donors (Lipinski definition) is 0. The second-order valence-corrected chi connectivity index (χ2v) is 10.6. The Morgan fingerprint density at radius 2 is 1.47 bits per heavy atom. The molecule has 0 amide bonds. The van der Waals surface area contributed by atoms with Gasteiger partial charge in [0.25, 0.3) is 0 Å². The van der Waals surface area contributed by atoms with Gasteiger partial charge in [-0.2, -0.15) is 0 Å². The molecule has 2 aliphatic carbocycles. The van der Waals surface area contributed by atoms with Crippen molar-refractivity contribution >= 4 is 0 Å². The summed E-state index contributed by atoms with van der Waals surface area (Å²) in [6.45, 7) is 4.12. The molecule has 36 heavy (non-hydrogen) atoms. The normalized spacial score (nSPS) is 25.1. The number of allylic oxidation sites excluding steroid dienone is 4. The maximum Gasteiger partial charge on any atom is 0.166 e. The van der Waals surface area contributed by atoms with Crippen LogP contribution in [0, 0.1) is 29.4 Å². The maximum atomic E-state index is 15.1. The van der Waals surface area contributed by atoms with E-state index in [9.17, 15) is 13.2 Å². The van der Waals surface area contributed by atoms with E-state index in [1.807, 2.05) is 36.4 Å². The van der Waals surface area contributed by atoms with Gasteiger partial charge in [0, 0.05) is 17.4 Å². The van der Waals surface area contributed by atoms with Crippen LogP contribution in [0.5, 0.6) is 0 Å². The fraction of sp³-hybridized carbons (Fsp3) is 0.500. The van der Waals surface area contributed by atoms with E-state index in [0.29, 0.717) is 29.5 Å². The molecule has 1 fully saturated rings. The van der Waals surface area contributed by atoms with Gasteiger partial charge in [0.15, 0.2) is 11.6 Å². The highest BCUT2D eigenvalue weighted by molar-refractivity contribution is 5.65. The Hall–Kier alpha value is -2.36. The predicted octanol–water partition coefficient (Wildman–Crippen LogP) is 10.4. The van der Waals surface area contributed by atoms with E-state index >= 15 is 4.39 Å². The predicted molar refractivity (Wildman–Crippen MR) is 140 cm³/mol. The van der Waals surface area contributed by atoms with Crippen molar-refractivity contribution in [3.63, 3.8) is 0 Å². The highest BCUT2D eigenvalue weighted by Crippen LogP contribution is 2.42. The van der Waals surface area contributed by atoms with Gasteiger partial charge >= 0.3 is 0 Å². The molecule has 2 aromatic rings.